The summed E-state index contributed by atoms with van der Waals surface area (Å²) in [4.78, 5) is 0. The number of aromatic nitrogens is 2. The van der Waals surface area contributed by atoms with Crippen molar-refractivity contribution in [1.82, 2.24) is 15.1 Å². The predicted molar refractivity (Wildman–Crippen MR) is 63.2 cm³/mol. The van der Waals surface area contributed by atoms with E-state index in [0.717, 1.165) is 19.1 Å². The van der Waals surface area contributed by atoms with Crippen LogP contribution in [0, 0.1) is 5.92 Å². The molecule has 1 aromatic rings. The number of hydrogen-bond donors (Lipinski definition) is 1. The van der Waals surface area contributed by atoms with Crippen LogP contribution in [0.15, 0.2) is 12.3 Å². The summed E-state index contributed by atoms with van der Waals surface area (Å²) in [6, 6.07) is 2.51. The Balaban J connectivity index is 1.97. The highest BCUT2D eigenvalue weighted by molar-refractivity contribution is 5.06. The van der Waals surface area contributed by atoms with Crippen molar-refractivity contribution in [2.24, 2.45) is 13.0 Å². The summed E-state index contributed by atoms with van der Waals surface area (Å²) in [7, 11) is 4.03. The van der Waals surface area contributed by atoms with Crippen molar-refractivity contribution in [3.05, 3.63) is 18.0 Å². The van der Waals surface area contributed by atoms with Crippen molar-refractivity contribution in [3.8, 4) is 0 Å². The molecule has 4 heteroatoms. The van der Waals surface area contributed by atoms with Gasteiger partial charge in [-0.3, -0.25) is 4.68 Å². The largest absolute Gasteiger partial charge is 0.381 e. The molecular formula is C12H21N3O. The number of ether oxygens (including phenoxy) is 1. The highest BCUT2D eigenvalue weighted by atomic mass is 16.5. The normalized spacial score (nSPS) is 19.9. The molecule has 1 N–H and O–H groups in total. The maximum absolute atomic E-state index is 5.39. The second kappa shape index (κ2) is 5.46. The molecule has 1 unspecified atom stereocenters. The van der Waals surface area contributed by atoms with Gasteiger partial charge < -0.3 is 10.1 Å². The third-order valence-electron chi connectivity index (χ3n) is 3.47. The van der Waals surface area contributed by atoms with Crippen molar-refractivity contribution in [2.75, 3.05) is 20.3 Å². The van der Waals surface area contributed by atoms with Gasteiger partial charge in [-0.05, 0) is 38.3 Å². The molecule has 0 aliphatic carbocycles. The van der Waals surface area contributed by atoms with E-state index in [4.69, 9.17) is 4.74 Å². The Hall–Kier alpha value is -0.870. The van der Waals surface area contributed by atoms with Gasteiger partial charge >= 0.3 is 0 Å². The van der Waals surface area contributed by atoms with Gasteiger partial charge in [0.2, 0.25) is 0 Å². The van der Waals surface area contributed by atoms with E-state index in [0.29, 0.717) is 6.04 Å². The Kier molecular flexibility index (Phi) is 3.96. The number of rotatable bonds is 4. The minimum absolute atomic E-state index is 0.413. The molecule has 0 bridgehead atoms. The van der Waals surface area contributed by atoms with Gasteiger partial charge in [0.1, 0.15) is 0 Å². The molecule has 16 heavy (non-hydrogen) atoms. The first-order chi connectivity index (χ1) is 7.81. The summed E-state index contributed by atoms with van der Waals surface area (Å²) in [5.74, 6) is 0.779. The lowest BCUT2D eigenvalue weighted by Crippen LogP contribution is -2.25. The predicted octanol–water partition coefficient (Wildman–Crippen LogP) is 1.50. The van der Waals surface area contributed by atoms with Crippen LogP contribution >= 0.6 is 0 Å². The highest BCUT2D eigenvalue weighted by Crippen LogP contribution is 2.26. The maximum atomic E-state index is 5.39. The van der Waals surface area contributed by atoms with Crippen LogP contribution in [0.25, 0.3) is 0 Å². The summed E-state index contributed by atoms with van der Waals surface area (Å²) in [6.07, 6.45) is 5.43. The molecule has 1 aliphatic heterocycles. The van der Waals surface area contributed by atoms with Crippen LogP contribution in [0.5, 0.6) is 0 Å². The molecule has 1 atom stereocenters. The van der Waals surface area contributed by atoms with Gasteiger partial charge in [-0.15, -0.1) is 0 Å². The van der Waals surface area contributed by atoms with Crippen LogP contribution < -0.4 is 5.32 Å². The number of nitrogens with one attached hydrogen (secondary N) is 1. The fourth-order valence-corrected chi connectivity index (χ4v) is 2.43. The molecule has 2 rings (SSSR count). The van der Waals surface area contributed by atoms with Crippen LogP contribution in [0.4, 0.5) is 0 Å². The first-order valence-electron chi connectivity index (χ1n) is 6.04. The van der Waals surface area contributed by atoms with Crippen molar-refractivity contribution >= 4 is 0 Å². The summed E-state index contributed by atoms with van der Waals surface area (Å²) < 4.78 is 7.35. The van der Waals surface area contributed by atoms with Crippen molar-refractivity contribution in [3.63, 3.8) is 0 Å². The molecule has 0 aromatic carbocycles. The standard InChI is InChI=1S/C12H21N3O/c1-13-11(12-3-6-14-15(12)2)9-10-4-7-16-8-5-10/h3,6,10-11,13H,4-5,7-9H2,1-2H3. The molecule has 1 fully saturated rings. The monoisotopic (exact) mass is 223 g/mol. The SMILES string of the molecule is CNC(CC1CCOCC1)c1ccnn1C. The Morgan fingerprint density at radius 1 is 1.56 bits per heavy atom. The van der Waals surface area contributed by atoms with Crippen LogP contribution in [0.1, 0.15) is 31.0 Å². The zero-order valence-electron chi connectivity index (χ0n) is 10.1. The second-order valence-corrected chi connectivity index (χ2v) is 4.51. The summed E-state index contributed by atoms with van der Waals surface area (Å²) in [5.41, 5.74) is 1.27. The second-order valence-electron chi connectivity index (χ2n) is 4.51. The van der Waals surface area contributed by atoms with Crippen LogP contribution in [-0.4, -0.2) is 30.0 Å². The number of hydrogen-bond acceptors (Lipinski definition) is 3. The Morgan fingerprint density at radius 3 is 2.88 bits per heavy atom. The smallest absolute Gasteiger partial charge is 0.0550 e. The van der Waals surface area contributed by atoms with E-state index < -0.39 is 0 Å². The van der Waals surface area contributed by atoms with Crippen molar-refractivity contribution < 1.29 is 4.74 Å². The molecule has 1 saturated heterocycles. The van der Waals surface area contributed by atoms with E-state index in [1.807, 2.05) is 25.0 Å². The fourth-order valence-electron chi connectivity index (χ4n) is 2.43. The van der Waals surface area contributed by atoms with Crippen molar-refractivity contribution in [2.45, 2.75) is 25.3 Å². The fraction of sp³-hybridized carbons (Fsp3) is 0.750. The van der Waals surface area contributed by atoms with E-state index in [1.54, 1.807) is 0 Å². The molecule has 1 aromatic heterocycles. The first-order valence-corrected chi connectivity index (χ1v) is 6.04. The van der Waals surface area contributed by atoms with E-state index in [1.165, 1.54) is 25.0 Å². The van der Waals surface area contributed by atoms with Gasteiger partial charge in [0, 0.05) is 32.5 Å². The molecule has 2 heterocycles. The average molecular weight is 223 g/mol. The molecule has 90 valence electrons. The molecule has 0 spiro atoms. The minimum atomic E-state index is 0.413. The van der Waals surface area contributed by atoms with Crippen LogP contribution in [0.2, 0.25) is 0 Å². The lowest BCUT2D eigenvalue weighted by molar-refractivity contribution is 0.0605. The van der Waals surface area contributed by atoms with E-state index in [9.17, 15) is 0 Å². The third-order valence-corrected chi connectivity index (χ3v) is 3.47. The molecule has 4 nitrogen and oxygen atoms in total. The maximum Gasteiger partial charge on any atom is 0.0550 e. The zero-order valence-corrected chi connectivity index (χ0v) is 10.1. The Labute approximate surface area is 97.0 Å². The van der Waals surface area contributed by atoms with Crippen molar-refractivity contribution in [1.29, 1.82) is 0 Å². The lowest BCUT2D eigenvalue weighted by Gasteiger charge is -2.26. The zero-order chi connectivity index (χ0) is 11.4. The summed E-state index contributed by atoms with van der Waals surface area (Å²) in [5, 5.41) is 7.62. The molecule has 1 aliphatic rings. The van der Waals surface area contributed by atoms with Gasteiger partial charge in [0.25, 0.3) is 0 Å². The van der Waals surface area contributed by atoms with Gasteiger partial charge in [0.15, 0.2) is 0 Å². The van der Waals surface area contributed by atoms with Gasteiger partial charge in [-0.25, -0.2) is 0 Å². The molecule has 0 radical (unpaired) electrons. The molecule has 0 saturated carbocycles. The highest BCUT2D eigenvalue weighted by Gasteiger charge is 2.20. The van der Waals surface area contributed by atoms with Crippen LogP contribution in [-0.2, 0) is 11.8 Å². The number of nitrogens with zero attached hydrogens (tertiary/aromatic N) is 2. The Bertz CT molecular complexity index is 318. The lowest BCUT2D eigenvalue weighted by atomic mass is 9.91. The summed E-state index contributed by atoms with van der Waals surface area (Å²) in [6.45, 7) is 1.85. The Morgan fingerprint density at radius 2 is 2.31 bits per heavy atom. The van der Waals surface area contributed by atoms with Crippen LogP contribution in [0.3, 0.4) is 0 Å². The average Bonchev–Trinajstić information content (AvgIpc) is 2.74. The molecular weight excluding hydrogens is 202 g/mol. The minimum Gasteiger partial charge on any atom is -0.381 e. The van der Waals surface area contributed by atoms with E-state index >= 15 is 0 Å². The van der Waals surface area contributed by atoms with E-state index in [-0.39, 0.29) is 0 Å². The quantitative estimate of drug-likeness (QED) is 0.840. The van der Waals surface area contributed by atoms with E-state index in [2.05, 4.69) is 16.5 Å². The van der Waals surface area contributed by atoms with Gasteiger partial charge in [-0.1, -0.05) is 0 Å². The molecule has 0 amide bonds. The first kappa shape index (κ1) is 11.6. The van der Waals surface area contributed by atoms with Gasteiger partial charge in [-0.2, -0.15) is 5.10 Å². The third kappa shape index (κ3) is 2.62. The van der Waals surface area contributed by atoms with Gasteiger partial charge in [0.05, 0.1) is 5.69 Å². The summed E-state index contributed by atoms with van der Waals surface area (Å²) >= 11 is 0. The number of aryl methyl sites for hydroxylation is 1. The topological polar surface area (TPSA) is 39.1 Å².